The van der Waals surface area contributed by atoms with Crippen molar-refractivity contribution in [3.8, 4) is 0 Å². The molecule has 1 amide bonds. The standard InChI is InChI=1S/C14H23N5O/c1-2-9-5-6-19(11(7-9)8-15)14(20)13-16-12(17-18-13)10-3-4-10/h9-11H,2-8,15H2,1H3,(H,16,17,18). The molecule has 6 heteroatoms. The molecule has 3 N–H and O–H groups in total. The molecule has 20 heavy (non-hydrogen) atoms. The van der Waals surface area contributed by atoms with Crippen molar-refractivity contribution in [1.82, 2.24) is 20.1 Å². The molecule has 2 heterocycles. The zero-order valence-corrected chi connectivity index (χ0v) is 12.0. The summed E-state index contributed by atoms with van der Waals surface area (Å²) in [4.78, 5) is 18.8. The largest absolute Gasteiger partial charge is 0.332 e. The Labute approximate surface area is 119 Å². The number of carbonyl (C=O) groups is 1. The lowest BCUT2D eigenvalue weighted by Gasteiger charge is -2.38. The summed E-state index contributed by atoms with van der Waals surface area (Å²) in [5.41, 5.74) is 5.85. The average Bonchev–Trinajstić information content (AvgIpc) is 3.23. The fourth-order valence-electron chi connectivity index (χ4n) is 3.03. The lowest BCUT2D eigenvalue weighted by atomic mass is 9.89. The van der Waals surface area contributed by atoms with Crippen LogP contribution in [-0.2, 0) is 0 Å². The van der Waals surface area contributed by atoms with Gasteiger partial charge in [0, 0.05) is 25.0 Å². The first-order valence-electron chi connectivity index (χ1n) is 7.66. The summed E-state index contributed by atoms with van der Waals surface area (Å²) in [6, 6.07) is 0.129. The smallest absolute Gasteiger partial charge is 0.293 e. The van der Waals surface area contributed by atoms with Crippen molar-refractivity contribution in [2.24, 2.45) is 11.7 Å². The molecule has 0 radical (unpaired) electrons. The van der Waals surface area contributed by atoms with Crippen LogP contribution in [0.25, 0.3) is 0 Å². The van der Waals surface area contributed by atoms with Gasteiger partial charge >= 0.3 is 0 Å². The third kappa shape index (κ3) is 2.57. The van der Waals surface area contributed by atoms with Gasteiger partial charge in [-0.3, -0.25) is 9.89 Å². The lowest BCUT2D eigenvalue weighted by Crippen LogP contribution is -2.49. The number of H-pyrrole nitrogens is 1. The second-order valence-electron chi connectivity index (χ2n) is 6.01. The number of amides is 1. The fourth-order valence-corrected chi connectivity index (χ4v) is 3.03. The van der Waals surface area contributed by atoms with Crippen LogP contribution in [0.2, 0.25) is 0 Å². The van der Waals surface area contributed by atoms with Gasteiger partial charge in [0.15, 0.2) is 0 Å². The Kier molecular flexibility index (Phi) is 3.74. The first kappa shape index (κ1) is 13.5. The second-order valence-corrected chi connectivity index (χ2v) is 6.01. The van der Waals surface area contributed by atoms with E-state index >= 15 is 0 Å². The van der Waals surface area contributed by atoms with Gasteiger partial charge in [0.05, 0.1) is 0 Å². The molecular formula is C14H23N5O. The molecule has 110 valence electrons. The fraction of sp³-hybridized carbons (Fsp3) is 0.786. The molecule has 2 unspecified atom stereocenters. The molecule has 0 bridgehead atoms. The van der Waals surface area contributed by atoms with Gasteiger partial charge in [0.1, 0.15) is 5.82 Å². The molecule has 2 aliphatic rings. The first-order chi connectivity index (χ1) is 9.72. The third-order valence-electron chi connectivity index (χ3n) is 4.59. The zero-order valence-electron chi connectivity index (χ0n) is 12.0. The molecule has 2 atom stereocenters. The summed E-state index contributed by atoms with van der Waals surface area (Å²) < 4.78 is 0. The monoisotopic (exact) mass is 277 g/mol. The van der Waals surface area contributed by atoms with Crippen LogP contribution >= 0.6 is 0 Å². The van der Waals surface area contributed by atoms with Gasteiger partial charge < -0.3 is 10.6 Å². The number of aromatic nitrogens is 3. The van der Waals surface area contributed by atoms with Gasteiger partial charge in [-0.1, -0.05) is 13.3 Å². The Bertz CT molecular complexity index is 482. The van der Waals surface area contributed by atoms with Crippen LogP contribution in [0.1, 0.15) is 61.4 Å². The lowest BCUT2D eigenvalue weighted by molar-refractivity contribution is 0.0546. The highest BCUT2D eigenvalue weighted by molar-refractivity contribution is 5.90. The summed E-state index contributed by atoms with van der Waals surface area (Å²) in [6.45, 7) is 3.49. The minimum absolute atomic E-state index is 0.0712. The number of nitrogens with two attached hydrogens (primary N) is 1. The van der Waals surface area contributed by atoms with Crippen LogP contribution in [0.4, 0.5) is 0 Å². The molecule has 0 spiro atoms. The molecule has 2 fully saturated rings. The first-order valence-corrected chi connectivity index (χ1v) is 7.66. The van der Waals surface area contributed by atoms with Crippen molar-refractivity contribution in [2.45, 2.75) is 51.0 Å². The number of rotatable bonds is 4. The Morgan fingerprint density at radius 2 is 2.25 bits per heavy atom. The maximum atomic E-state index is 12.5. The van der Waals surface area contributed by atoms with E-state index in [2.05, 4.69) is 22.1 Å². The van der Waals surface area contributed by atoms with Crippen molar-refractivity contribution in [2.75, 3.05) is 13.1 Å². The highest BCUT2D eigenvalue weighted by atomic mass is 16.2. The quantitative estimate of drug-likeness (QED) is 0.867. The van der Waals surface area contributed by atoms with Crippen LogP contribution in [-0.4, -0.2) is 45.1 Å². The number of carbonyl (C=O) groups excluding carboxylic acids is 1. The van der Waals surface area contributed by atoms with E-state index in [1.54, 1.807) is 0 Å². The summed E-state index contributed by atoms with van der Waals surface area (Å²) in [7, 11) is 0. The van der Waals surface area contributed by atoms with E-state index in [1.165, 1.54) is 0 Å². The van der Waals surface area contributed by atoms with Gasteiger partial charge in [0.2, 0.25) is 5.82 Å². The number of likely N-dealkylation sites (tertiary alicyclic amines) is 1. The Balaban J connectivity index is 1.71. The van der Waals surface area contributed by atoms with Gasteiger partial charge in [-0.15, -0.1) is 5.10 Å². The third-order valence-corrected chi connectivity index (χ3v) is 4.59. The van der Waals surface area contributed by atoms with Crippen LogP contribution < -0.4 is 5.73 Å². The molecule has 1 aliphatic heterocycles. The highest BCUT2D eigenvalue weighted by Gasteiger charge is 2.33. The van der Waals surface area contributed by atoms with E-state index in [4.69, 9.17) is 5.73 Å². The molecule has 0 aromatic carbocycles. The number of aromatic amines is 1. The maximum Gasteiger partial charge on any atom is 0.293 e. The van der Waals surface area contributed by atoms with E-state index < -0.39 is 0 Å². The van der Waals surface area contributed by atoms with Crippen molar-refractivity contribution < 1.29 is 4.79 Å². The Morgan fingerprint density at radius 1 is 1.45 bits per heavy atom. The highest BCUT2D eigenvalue weighted by Crippen LogP contribution is 2.37. The summed E-state index contributed by atoms with van der Waals surface area (Å²) >= 11 is 0. The van der Waals surface area contributed by atoms with Crippen LogP contribution in [0.15, 0.2) is 0 Å². The van der Waals surface area contributed by atoms with Crippen molar-refractivity contribution in [1.29, 1.82) is 0 Å². The molecule has 1 saturated heterocycles. The molecular weight excluding hydrogens is 254 g/mol. The van der Waals surface area contributed by atoms with Crippen LogP contribution in [0, 0.1) is 5.92 Å². The van der Waals surface area contributed by atoms with Crippen LogP contribution in [0.5, 0.6) is 0 Å². The van der Waals surface area contributed by atoms with Gasteiger partial charge in [-0.05, 0) is 31.6 Å². The predicted octanol–water partition coefficient (Wildman–Crippen LogP) is 1.27. The number of piperidine rings is 1. The molecule has 3 rings (SSSR count). The van der Waals surface area contributed by atoms with Crippen LogP contribution in [0.3, 0.4) is 0 Å². The zero-order chi connectivity index (χ0) is 14.1. The minimum atomic E-state index is -0.0712. The molecule has 1 aliphatic carbocycles. The molecule has 6 nitrogen and oxygen atoms in total. The minimum Gasteiger partial charge on any atom is -0.332 e. The van der Waals surface area contributed by atoms with E-state index in [-0.39, 0.29) is 11.9 Å². The van der Waals surface area contributed by atoms with Gasteiger partial charge in [-0.2, -0.15) is 0 Å². The molecule has 1 saturated carbocycles. The van der Waals surface area contributed by atoms with Crippen molar-refractivity contribution in [3.05, 3.63) is 11.6 Å². The summed E-state index contributed by atoms with van der Waals surface area (Å²) in [5, 5.41) is 6.99. The molecule has 1 aromatic heterocycles. The summed E-state index contributed by atoms with van der Waals surface area (Å²) in [5.74, 6) is 2.27. The number of hydrogen-bond acceptors (Lipinski definition) is 4. The van der Waals surface area contributed by atoms with E-state index in [1.807, 2.05) is 4.90 Å². The van der Waals surface area contributed by atoms with E-state index in [9.17, 15) is 4.79 Å². The number of nitrogens with zero attached hydrogens (tertiary/aromatic N) is 3. The maximum absolute atomic E-state index is 12.5. The van der Waals surface area contributed by atoms with Gasteiger partial charge in [0.25, 0.3) is 5.91 Å². The van der Waals surface area contributed by atoms with Crippen molar-refractivity contribution in [3.63, 3.8) is 0 Å². The normalized spacial score (nSPS) is 26.8. The Hall–Kier alpha value is -1.43. The van der Waals surface area contributed by atoms with E-state index in [0.717, 1.165) is 44.5 Å². The average molecular weight is 277 g/mol. The second kappa shape index (κ2) is 5.52. The number of hydrogen-bond donors (Lipinski definition) is 2. The van der Waals surface area contributed by atoms with Crippen molar-refractivity contribution >= 4 is 5.91 Å². The topological polar surface area (TPSA) is 87.9 Å². The number of nitrogens with one attached hydrogen (secondary N) is 1. The Morgan fingerprint density at radius 3 is 2.90 bits per heavy atom. The summed E-state index contributed by atoms with van der Waals surface area (Å²) in [6.07, 6.45) is 5.51. The molecule has 1 aromatic rings. The predicted molar refractivity (Wildman–Crippen MR) is 75.3 cm³/mol. The van der Waals surface area contributed by atoms with E-state index in [0.29, 0.717) is 24.2 Å². The van der Waals surface area contributed by atoms with Gasteiger partial charge in [-0.25, -0.2) is 4.98 Å². The SMILES string of the molecule is CCC1CCN(C(=O)c2n[nH]c(C3CC3)n2)C(CN)C1.